The molecule has 0 radical (unpaired) electrons. The Hall–Kier alpha value is -1.19. The highest BCUT2D eigenvalue weighted by Crippen LogP contribution is 2.62. The van der Waals surface area contributed by atoms with Crippen LogP contribution in [0.3, 0.4) is 0 Å². The van der Waals surface area contributed by atoms with Crippen molar-refractivity contribution in [3.05, 3.63) is 71.8 Å². The molecule has 1 heterocycles. The van der Waals surface area contributed by atoms with Crippen LogP contribution >= 0.6 is 21.6 Å². The molecule has 0 bridgehead atoms. The van der Waals surface area contributed by atoms with Crippen molar-refractivity contribution >= 4 is 27.4 Å². The van der Waals surface area contributed by atoms with Gasteiger partial charge in [-0.3, -0.25) is 4.79 Å². The predicted molar refractivity (Wildman–Crippen MR) is 87.9 cm³/mol. The summed E-state index contributed by atoms with van der Waals surface area (Å²) in [7, 11) is 3.35. The van der Waals surface area contributed by atoms with Crippen LogP contribution in [-0.2, 0) is 9.54 Å². The van der Waals surface area contributed by atoms with Crippen molar-refractivity contribution in [2.75, 3.05) is 0 Å². The van der Waals surface area contributed by atoms with E-state index in [1.165, 1.54) is 0 Å². The predicted octanol–water partition coefficient (Wildman–Crippen LogP) is 4.67. The number of carbonyl (C=O) groups is 1. The molecule has 0 aromatic heterocycles. The van der Waals surface area contributed by atoms with E-state index >= 15 is 0 Å². The first-order valence-corrected chi connectivity index (χ1v) is 8.75. The zero-order chi connectivity index (χ0) is 14.2. The molecule has 1 aliphatic rings. The molecular formula is C17H16OS2. The lowest BCUT2D eigenvalue weighted by Gasteiger charge is -2.28. The Balaban J connectivity index is 2.23. The minimum absolute atomic E-state index is 0.275. The number of hydrogen-bond acceptors (Lipinski definition) is 3. The molecule has 0 spiro atoms. The molecular weight excluding hydrogens is 284 g/mol. The largest absolute Gasteiger partial charge is 0.296 e. The fraction of sp³-hybridized carbons (Fsp3) is 0.235. The average molecular weight is 300 g/mol. The lowest BCUT2D eigenvalue weighted by atomic mass is 9.82. The summed E-state index contributed by atoms with van der Waals surface area (Å²) in [6, 6.07) is 20.2. The first-order valence-electron chi connectivity index (χ1n) is 6.60. The second-order valence-corrected chi connectivity index (χ2v) is 8.39. The van der Waals surface area contributed by atoms with Gasteiger partial charge in [-0.15, -0.1) is 0 Å². The standard InChI is InChI=1S/C17H16OS2/c1-16(2)15(18)17(20-19-16,13-9-5-3-6-10-13)14-11-7-4-8-12-14/h3-12H,1-2H3. The van der Waals surface area contributed by atoms with E-state index in [2.05, 4.69) is 24.3 Å². The Bertz CT molecular complexity index is 580. The second kappa shape index (κ2) is 4.97. The number of carbonyl (C=O) groups excluding carboxylic acids is 1. The molecule has 1 aliphatic heterocycles. The Labute approximate surface area is 127 Å². The highest BCUT2D eigenvalue weighted by molar-refractivity contribution is 8.78. The summed E-state index contributed by atoms with van der Waals surface area (Å²) in [4.78, 5) is 13.1. The Morgan fingerprint density at radius 2 is 1.20 bits per heavy atom. The van der Waals surface area contributed by atoms with E-state index in [-0.39, 0.29) is 10.5 Å². The third-order valence-corrected chi connectivity index (χ3v) is 7.44. The van der Waals surface area contributed by atoms with Crippen LogP contribution in [0.2, 0.25) is 0 Å². The van der Waals surface area contributed by atoms with Gasteiger partial charge in [-0.2, -0.15) is 0 Å². The van der Waals surface area contributed by atoms with E-state index in [1.807, 2.05) is 50.2 Å². The normalized spacial score (nSPS) is 20.0. The quantitative estimate of drug-likeness (QED) is 0.750. The van der Waals surface area contributed by atoms with Crippen LogP contribution in [-0.4, -0.2) is 10.5 Å². The fourth-order valence-corrected chi connectivity index (χ4v) is 5.99. The molecule has 0 aliphatic carbocycles. The number of Topliss-reactive ketones (excluding diaryl/α,β-unsaturated/α-hetero) is 1. The Morgan fingerprint density at radius 3 is 1.55 bits per heavy atom. The maximum absolute atomic E-state index is 13.1. The van der Waals surface area contributed by atoms with Crippen molar-refractivity contribution in [3.63, 3.8) is 0 Å². The highest BCUT2D eigenvalue weighted by Gasteiger charge is 2.55. The third kappa shape index (κ3) is 2.00. The molecule has 0 atom stereocenters. The number of benzene rings is 2. The van der Waals surface area contributed by atoms with Crippen LogP contribution < -0.4 is 0 Å². The molecule has 1 saturated heterocycles. The molecule has 1 nitrogen and oxygen atoms in total. The van der Waals surface area contributed by atoms with Gasteiger partial charge < -0.3 is 0 Å². The van der Waals surface area contributed by atoms with Gasteiger partial charge in [-0.05, 0) is 25.0 Å². The van der Waals surface area contributed by atoms with Crippen LogP contribution in [0.1, 0.15) is 25.0 Å². The summed E-state index contributed by atoms with van der Waals surface area (Å²) < 4.78 is -0.951. The minimum atomic E-state index is -0.587. The molecule has 0 N–H and O–H groups in total. The Morgan fingerprint density at radius 1 is 0.750 bits per heavy atom. The maximum Gasteiger partial charge on any atom is 0.174 e. The smallest absolute Gasteiger partial charge is 0.174 e. The summed E-state index contributed by atoms with van der Waals surface area (Å²) in [6.45, 7) is 4.03. The van der Waals surface area contributed by atoms with Crippen LogP contribution in [0.25, 0.3) is 0 Å². The van der Waals surface area contributed by atoms with Crippen molar-refractivity contribution in [3.8, 4) is 0 Å². The van der Waals surface area contributed by atoms with Gasteiger partial charge >= 0.3 is 0 Å². The van der Waals surface area contributed by atoms with Gasteiger partial charge in [0.15, 0.2) is 5.78 Å². The van der Waals surface area contributed by atoms with Gasteiger partial charge in [0, 0.05) is 0 Å². The molecule has 0 saturated carbocycles. The molecule has 0 amide bonds. The van der Waals surface area contributed by atoms with Gasteiger partial charge in [-0.25, -0.2) is 0 Å². The van der Waals surface area contributed by atoms with Gasteiger partial charge in [0.25, 0.3) is 0 Å². The summed E-state index contributed by atoms with van der Waals surface area (Å²) in [5.41, 5.74) is 2.14. The second-order valence-electron chi connectivity index (χ2n) is 5.42. The average Bonchev–Trinajstić information content (AvgIpc) is 2.73. The fourth-order valence-electron chi connectivity index (χ4n) is 2.54. The van der Waals surface area contributed by atoms with E-state index in [1.54, 1.807) is 21.6 Å². The van der Waals surface area contributed by atoms with Gasteiger partial charge in [0.05, 0.1) is 4.75 Å². The molecule has 3 heteroatoms. The molecule has 2 aromatic carbocycles. The van der Waals surface area contributed by atoms with Gasteiger partial charge in [-0.1, -0.05) is 82.3 Å². The van der Waals surface area contributed by atoms with E-state index < -0.39 is 4.75 Å². The van der Waals surface area contributed by atoms with E-state index in [4.69, 9.17) is 0 Å². The van der Waals surface area contributed by atoms with E-state index in [0.717, 1.165) is 11.1 Å². The number of rotatable bonds is 2. The van der Waals surface area contributed by atoms with Crippen molar-refractivity contribution in [1.82, 2.24) is 0 Å². The summed E-state index contributed by atoms with van der Waals surface area (Å²) in [5, 5.41) is 0. The first-order chi connectivity index (χ1) is 9.57. The van der Waals surface area contributed by atoms with Crippen LogP contribution in [0, 0.1) is 0 Å². The molecule has 20 heavy (non-hydrogen) atoms. The van der Waals surface area contributed by atoms with Crippen LogP contribution in [0.5, 0.6) is 0 Å². The molecule has 1 fully saturated rings. The Kier molecular flexibility index (Phi) is 3.43. The lowest BCUT2D eigenvalue weighted by Crippen LogP contribution is -2.38. The molecule has 3 rings (SSSR count). The summed E-state index contributed by atoms with van der Waals surface area (Å²) in [5.74, 6) is 0.275. The van der Waals surface area contributed by atoms with Crippen LogP contribution in [0.4, 0.5) is 0 Å². The van der Waals surface area contributed by atoms with Crippen molar-refractivity contribution in [2.24, 2.45) is 0 Å². The molecule has 102 valence electrons. The van der Waals surface area contributed by atoms with Crippen molar-refractivity contribution < 1.29 is 4.79 Å². The summed E-state index contributed by atoms with van der Waals surface area (Å²) in [6.07, 6.45) is 0. The zero-order valence-electron chi connectivity index (χ0n) is 11.5. The molecule has 2 aromatic rings. The minimum Gasteiger partial charge on any atom is -0.296 e. The van der Waals surface area contributed by atoms with Crippen LogP contribution in [0.15, 0.2) is 60.7 Å². The van der Waals surface area contributed by atoms with Crippen molar-refractivity contribution in [1.29, 1.82) is 0 Å². The maximum atomic E-state index is 13.1. The monoisotopic (exact) mass is 300 g/mol. The summed E-state index contributed by atoms with van der Waals surface area (Å²) >= 11 is 0. The van der Waals surface area contributed by atoms with Gasteiger partial charge in [0.1, 0.15) is 4.75 Å². The number of hydrogen-bond donors (Lipinski definition) is 0. The van der Waals surface area contributed by atoms with Crippen molar-refractivity contribution in [2.45, 2.75) is 23.3 Å². The number of ketones is 1. The highest BCUT2D eigenvalue weighted by atomic mass is 33.1. The third-order valence-electron chi connectivity index (χ3n) is 3.60. The SMILES string of the molecule is CC1(C)SSC(c2ccccc2)(c2ccccc2)C1=O. The van der Waals surface area contributed by atoms with E-state index in [0.29, 0.717) is 0 Å². The van der Waals surface area contributed by atoms with E-state index in [9.17, 15) is 4.79 Å². The topological polar surface area (TPSA) is 17.1 Å². The first kappa shape index (κ1) is 13.8. The zero-order valence-corrected chi connectivity index (χ0v) is 13.1. The molecule has 0 unspecified atom stereocenters. The lowest BCUT2D eigenvalue weighted by molar-refractivity contribution is -0.121. The van der Waals surface area contributed by atoms with Gasteiger partial charge in [0.2, 0.25) is 0 Å².